The van der Waals surface area contributed by atoms with E-state index in [9.17, 15) is 9.90 Å². The van der Waals surface area contributed by atoms with Crippen molar-refractivity contribution in [3.63, 3.8) is 0 Å². The van der Waals surface area contributed by atoms with E-state index >= 15 is 0 Å². The molecule has 0 saturated carbocycles. The van der Waals surface area contributed by atoms with Crippen LogP contribution in [0.2, 0.25) is 0 Å². The van der Waals surface area contributed by atoms with Gasteiger partial charge in [-0.2, -0.15) is 0 Å². The van der Waals surface area contributed by atoms with Gasteiger partial charge in [-0.15, -0.1) is 0 Å². The van der Waals surface area contributed by atoms with E-state index in [0.29, 0.717) is 13.0 Å². The van der Waals surface area contributed by atoms with Crippen molar-refractivity contribution < 1.29 is 9.90 Å². The molecule has 1 unspecified atom stereocenters. The summed E-state index contributed by atoms with van der Waals surface area (Å²) in [5, 5.41) is 15.8. The number of hydrogen-bond acceptors (Lipinski definition) is 3. The molecule has 0 aliphatic carbocycles. The molecule has 1 amide bonds. The van der Waals surface area contributed by atoms with Gasteiger partial charge in [0.2, 0.25) is 5.91 Å². The molecule has 0 saturated heterocycles. The van der Waals surface area contributed by atoms with Gasteiger partial charge in [0.25, 0.3) is 0 Å². The Morgan fingerprint density at radius 1 is 1.12 bits per heavy atom. The van der Waals surface area contributed by atoms with Crippen molar-refractivity contribution in [3.8, 4) is 5.75 Å². The number of carbonyl (C=O) groups excluding carboxylic acids is 1. The van der Waals surface area contributed by atoms with E-state index in [2.05, 4.69) is 17.6 Å². The van der Waals surface area contributed by atoms with Crippen LogP contribution in [0, 0.1) is 6.92 Å². The van der Waals surface area contributed by atoms with E-state index < -0.39 is 0 Å². The summed E-state index contributed by atoms with van der Waals surface area (Å²) in [6.07, 6.45) is 2.59. The highest BCUT2D eigenvalue weighted by molar-refractivity contribution is 5.85. The molecule has 4 nitrogen and oxygen atoms in total. The second kappa shape index (κ2) is 8.96. The number of amides is 1. The molecule has 0 bridgehead atoms. The maximum absolute atomic E-state index is 12.6. The molecule has 0 spiro atoms. The first-order valence-corrected chi connectivity index (χ1v) is 8.48. The highest BCUT2D eigenvalue weighted by Crippen LogP contribution is 2.17. The zero-order valence-electron chi connectivity index (χ0n) is 14.4. The minimum atomic E-state index is -0.354. The summed E-state index contributed by atoms with van der Waals surface area (Å²) in [6.45, 7) is 4.82. The Balaban J connectivity index is 2.12. The minimum Gasteiger partial charge on any atom is -0.508 e. The summed E-state index contributed by atoms with van der Waals surface area (Å²) >= 11 is 0. The van der Waals surface area contributed by atoms with Gasteiger partial charge in [-0.3, -0.25) is 4.79 Å². The molecule has 4 heteroatoms. The van der Waals surface area contributed by atoms with Gasteiger partial charge in [0.05, 0.1) is 0 Å². The first-order valence-electron chi connectivity index (χ1n) is 8.48. The van der Waals surface area contributed by atoms with Crippen molar-refractivity contribution in [3.05, 3.63) is 59.7 Å². The molecule has 0 radical (unpaired) electrons. The highest BCUT2D eigenvalue weighted by Gasteiger charge is 2.19. The molecule has 3 N–H and O–H groups in total. The Kier molecular flexibility index (Phi) is 6.67. The largest absolute Gasteiger partial charge is 0.508 e. The van der Waals surface area contributed by atoms with Crippen LogP contribution < -0.4 is 10.6 Å². The van der Waals surface area contributed by atoms with Crippen molar-refractivity contribution in [2.45, 2.75) is 39.2 Å². The number of aromatic hydroxyl groups is 1. The fraction of sp³-hybridized carbons (Fsp3) is 0.350. The molecule has 0 fully saturated rings. The van der Waals surface area contributed by atoms with E-state index in [4.69, 9.17) is 0 Å². The molecule has 24 heavy (non-hydrogen) atoms. The summed E-state index contributed by atoms with van der Waals surface area (Å²) in [6, 6.07) is 14.6. The average Bonchev–Trinajstić information content (AvgIpc) is 2.58. The van der Waals surface area contributed by atoms with E-state index in [1.807, 2.05) is 43.3 Å². The third kappa shape index (κ3) is 5.30. The molecule has 0 aliphatic rings. The van der Waals surface area contributed by atoms with Crippen LogP contribution in [0.3, 0.4) is 0 Å². The number of benzene rings is 2. The van der Waals surface area contributed by atoms with Crippen LogP contribution in [0.15, 0.2) is 48.5 Å². The van der Waals surface area contributed by atoms with Crippen molar-refractivity contribution in [1.29, 1.82) is 0 Å². The Morgan fingerprint density at radius 2 is 1.83 bits per heavy atom. The Bertz CT molecular complexity index is 653. The predicted molar refractivity (Wildman–Crippen MR) is 98.3 cm³/mol. The Labute approximate surface area is 143 Å². The molecular weight excluding hydrogens is 300 g/mol. The lowest BCUT2D eigenvalue weighted by Gasteiger charge is -2.21. The monoisotopic (exact) mass is 326 g/mol. The van der Waals surface area contributed by atoms with Crippen LogP contribution in [0.1, 0.15) is 30.9 Å². The van der Waals surface area contributed by atoms with Gasteiger partial charge < -0.3 is 15.7 Å². The lowest BCUT2D eigenvalue weighted by atomic mass is 10.0. The van der Waals surface area contributed by atoms with E-state index in [1.165, 1.54) is 0 Å². The molecule has 2 aromatic carbocycles. The third-order valence-electron chi connectivity index (χ3n) is 4.00. The SMILES string of the molecule is CCCCNC(=O)C(Cc1ccc(O)cc1)Nc1ccccc1C. The maximum atomic E-state index is 12.6. The van der Waals surface area contributed by atoms with Gasteiger partial charge in [0.1, 0.15) is 11.8 Å². The van der Waals surface area contributed by atoms with Gasteiger partial charge in [-0.05, 0) is 42.7 Å². The van der Waals surface area contributed by atoms with Gasteiger partial charge in [-0.25, -0.2) is 0 Å². The fourth-order valence-corrected chi connectivity index (χ4v) is 2.51. The predicted octanol–water partition coefficient (Wildman–Crippen LogP) is 3.64. The number of unbranched alkanes of at least 4 members (excludes halogenated alkanes) is 1. The number of rotatable bonds is 8. The number of aryl methyl sites for hydroxylation is 1. The number of phenols is 1. The molecule has 2 aromatic rings. The first kappa shape index (κ1) is 17.9. The summed E-state index contributed by atoms with van der Waals surface area (Å²) in [4.78, 5) is 12.6. The second-order valence-electron chi connectivity index (χ2n) is 6.03. The van der Waals surface area contributed by atoms with Gasteiger partial charge in [-0.1, -0.05) is 43.7 Å². The molecule has 0 aromatic heterocycles. The lowest BCUT2D eigenvalue weighted by Crippen LogP contribution is -2.41. The zero-order chi connectivity index (χ0) is 17.4. The van der Waals surface area contributed by atoms with Gasteiger partial charge >= 0.3 is 0 Å². The topological polar surface area (TPSA) is 61.4 Å². The smallest absolute Gasteiger partial charge is 0.242 e. The molecule has 0 aliphatic heterocycles. The van der Waals surface area contributed by atoms with E-state index in [-0.39, 0.29) is 17.7 Å². The molecule has 1 atom stereocenters. The number of nitrogens with one attached hydrogen (secondary N) is 2. The zero-order valence-corrected chi connectivity index (χ0v) is 14.4. The van der Waals surface area contributed by atoms with Crippen molar-refractivity contribution >= 4 is 11.6 Å². The summed E-state index contributed by atoms with van der Waals surface area (Å²) in [5.74, 6) is 0.231. The van der Waals surface area contributed by atoms with Gasteiger partial charge in [0.15, 0.2) is 0 Å². The van der Waals surface area contributed by atoms with Crippen LogP contribution in [0.4, 0.5) is 5.69 Å². The lowest BCUT2D eigenvalue weighted by molar-refractivity contribution is -0.121. The average molecular weight is 326 g/mol. The van der Waals surface area contributed by atoms with Crippen molar-refractivity contribution in [1.82, 2.24) is 5.32 Å². The van der Waals surface area contributed by atoms with Crippen molar-refractivity contribution in [2.75, 3.05) is 11.9 Å². The van der Waals surface area contributed by atoms with Crippen molar-refractivity contribution in [2.24, 2.45) is 0 Å². The number of para-hydroxylation sites is 1. The fourth-order valence-electron chi connectivity index (χ4n) is 2.51. The third-order valence-corrected chi connectivity index (χ3v) is 4.00. The van der Waals surface area contributed by atoms with Gasteiger partial charge in [0, 0.05) is 18.7 Å². The van der Waals surface area contributed by atoms with E-state index in [1.54, 1.807) is 12.1 Å². The second-order valence-corrected chi connectivity index (χ2v) is 6.03. The number of hydrogen-bond donors (Lipinski definition) is 3. The summed E-state index contributed by atoms with van der Waals surface area (Å²) in [7, 11) is 0. The first-order chi connectivity index (χ1) is 11.6. The summed E-state index contributed by atoms with van der Waals surface area (Å²) in [5.41, 5.74) is 3.08. The number of anilines is 1. The van der Waals surface area contributed by atoms with E-state index in [0.717, 1.165) is 29.7 Å². The summed E-state index contributed by atoms with van der Waals surface area (Å²) < 4.78 is 0. The minimum absolute atomic E-state index is 0.000205. The molecule has 2 rings (SSSR count). The quantitative estimate of drug-likeness (QED) is 0.649. The Morgan fingerprint density at radius 3 is 2.50 bits per heavy atom. The maximum Gasteiger partial charge on any atom is 0.242 e. The Hall–Kier alpha value is -2.49. The highest BCUT2D eigenvalue weighted by atomic mass is 16.3. The molecular formula is C20H26N2O2. The van der Waals surface area contributed by atoms with Crippen LogP contribution >= 0.6 is 0 Å². The number of phenolic OH excluding ortho intramolecular Hbond substituents is 1. The van der Waals surface area contributed by atoms with Crippen LogP contribution in [0.25, 0.3) is 0 Å². The number of carbonyl (C=O) groups is 1. The van der Waals surface area contributed by atoms with Crippen LogP contribution in [0.5, 0.6) is 5.75 Å². The van der Waals surface area contributed by atoms with Crippen LogP contribution in [-0.4, -0.2) is 23.6 Å². The van der Waals surface area contributed by atoms with Crippen LogP contribution in [-0.2, 0) is 11.2 Å². The molecule has 128 valence electrons. The standard InChI is InChI=1S/C20H26N2O2/c1-3-4-13-21-20(24)19(14-16-9-11-17(23)12-10-16)22-18-8-6-5-7-15(18)2/h5-12,19,22-23H,3-4,13-14H2,1-2H3,(H,21,24). The normalized spacial score (nSPS) is 11.8. The molecule has 0 heterocycles.